The van der Waals surface area contributed by atoms with E-state index < -0.39 is 10.0 Å². The molecular formula is C10H20N2O2S. The van der Waals surface area contributed by atoms with E-state index in [0.29, 0.717) is 24.1 Å². The summed E-state index contributed by atoms with van der Waals surface area (Å²) in [6.45, 7) is 0.538. The predicted octanol–water partition coefficient (Wildman–Crippen LogP) is 0.443. The van der Waals surface area contributed by atoms with E-state index in [9.17, 15) is 8.42 Å². The molecule has 0 saturated heterocycles. The Morgan fingerprint density at radius 3 is 2.47 bits per heavy atom. The van der Waals surface area contributed by atoms with Crippen molar-refractivity contribution >= 4 is 10.0 Å². The topological polar surface area (TPSA) is 72.2 Å². The maximum absolute atomic E-state index is 11.6. The standard InChI is InChI=1S/C10H20N2O2S/c11-10-3-1-2-9(10)6-12-15(13,14)7-8-4-5-8/h8-10,12H,1-7,11H2. The Bertz CT molecular complexity index is 311. The largest absolute Gasteiger partial charge is 0.327 e. The van der Waals surface area contributed by atoms with Crippen LogP contribution in [0.2, 0.25) is 0 Å². The van der Waals surface area contributed by atoms with Gasteiger partial charge in [-0.15, -0.1) is 0 Å². The molecule has 0 aliphatic heterocycles. The van der Waals surface area contributed by atoms with E-state index in [4.69, 9.17) is 5.73 Å². The van der Waals surface area contributed by atoms with Crippen molar-refractivity contribution < 1.29 is 8.42 Å². The zero-order valence-electron chi connectivity index (χ0n) is 8.98. The Morgan fingerprint density at radius 1 is 1.20 bits per heavy atom. The monoisotopic (exact) mass is 232 g/mol. The fourth-order valence-electron chi connectivity index (χ4n) is 2.21. The molecule has 0 radical (unpaired) electrons. The van der Waals surface area contributed by atoms with Crippen molar-refractivity contribution in [2.75, 3.05) is 12.3 Å². The van der Waals surface area contributed by atoms with Crippen molar-refractivity contribution in [1.82, 2.24) is 4.72 Å². The summed E-state index contributed by atoms with van der Waals surface area (Å²) in [5.74, 6) is 1.08. The molecule has 0 spiro atoms. The van der Waals surface area contributed by atoms with Crippen LogP contribution in [0, 0.1) is 11.8 Å². The van der Waals surface area contributed by atoms with Crippen molar-refractivity contribution in [3.8, 4) is 0 Å². The molecule has 3 N–H and O–H groups in total. The number of hydrogen-bond acceptors (Lipinski definition) is 3. The quantitative estimate of drug-likeness (QED) is 0.722. The molecule has 0 amide bonds. The number of rotatable bonds is 5. The van der Waals surface area contributed by atoms with Crippen molar-refractivity contribution in [3.63, 3.8) is 0 Å². The molecule has 88 valence electrons. The first-order chi connectivity index (χ1) is 7.07. The lowest BCUT2D eigenvalue weighted by molar-refractivity contribution is 0.469. The van der Waals surface area contributed by atoms with Gasteiger partial charge in [0.2, 0.25) is 10.0 Å². The minimum Gasteiger partial charge on any atom is -0.327 e. The molecule has 2 aliphatic rings. The molecular weight excluding hydrogens is 212 g/mol. The zero-order chi connectivity index (χ0) is 10.9. The van der Waals surface area contributed by atoms with Crippen LogP contribution in [-0.4, -0.2) is 26.8 Å². The predicted molar refractivity (Wildman–Crippen MR) is 59.8 cm³/mol. The van der Waals surface area contributed by atoms with Crippen molar-refractivity contribution in [1.29, 1.82) is 0 Å². The van der Waals surface area contributed by atoms with Gasteiger partial charge in [0.15, 0.2) is 0 Å². The van der Waals surface area contributed by atoms with Crippen LogP contribution in [0.1, 0.15) is 32.1 Å². The van der Waals surface area contributed by atoms with Gasteiger partial charge in [0.05, 0.1) is 5.75 Å². The van der Waals surface area contributed by atoms with Gasteiger partial charge < -0.3 is 5.73 Å². The van der Waals surface area contributed by atoms with Gasteiger partial charge in [-0.1, -0.05) is 6.42 Å². The lowest BCUT2D eigenvalue weighted by Crippen LogP contribution is -2.37. The van der Waals surface area contributed by atoms with Crippen LogP contribution in [0.5, 0.6) is 0 Å². The van der Waals surface area contributed by atoms with Crippen LogP contribution in [0.4, 0.5) is 0 Å². The average Bonchev–Trinajstić information content (AvgIpc) is 2.84. The molecule has 0 bridgehead atoms. The van der Waals surface area contributed by atoms with Gasteiger partial charge in [-0.05, 0) is 37.5 Å². The van der Waals surface area contributed by atoms with Crippen LogP contribution >= 0.6 is 0 Å². The first-order valence-electron chi connectivity index (χ1n) is 5.80. The molecule has 0 aromatic rings. The highest BCUT2D eigenvalue weighted by Gasteiger charge is 2.29. The maximum atomic E-state index is 11.6. The molecule has 0 aromatic carbocycles. The summed E-state index contributed by atoms with van der Waals surface area (Å²) < 4.78 is 25.9. The highest BCUT2D eigenvalue weighted by atomic mass is 32.2. The SMILES string of the molecule is NC1CCCC1CNS(=O)(=O)CC1CC1. The van der Waals surface area contributed by atoms with E-state index in [-0.39, 0.29) is 6.04 Å². The minimum absolute atomic E-state index is 0.189. The molecule has 2 fully saturated rings. The molecule has 0 aromatic heterocycles. The van der Waals surface area contributed by atoms with E-state index in [0.717, 1.165) is 32.1 Å². The van der Waals surface area contributed by atoms with Gasteiger partial charge in [-0.3, -0.25) is 0 Å². The van der Waals surface area contributed by atoms with Gasteiger partial charge in [0, 0.05) is 12.6 Å². The van der Waals surface area contributed by atoms with Crippen LogP contribution in [-0.2, 0) is 10.0 Å². The van der Waals surface area contributed by atoms with E-state index in [1.54, 1.807) is 0 Å². The highest BCUT2D eigenvalue weighted by molar-refractivity contribution is 7.89. The van der Waals surface area contributed by atoms with E-state index in [1.807, 2.05) is 0 Å². The van der Waals surface area contributed by atoms with Gasteiger partial charge in [0.1, 0.15) is 0 Å². The Kier molecular flexibility index (Phi) is 3.33. The Labute approximate surface area is 91.7 Å². The molecule has 2 atom stereocenters. The number of nitrogens with two attached hydrogens (primary N) is 1. The normalized spacial score (nSPS) is 32.1. The molecule has 2 saturated carbocycles. The summed E-state index contributed by atoms with van der Waals surface area (Å²) in [5.41, 5.74) is 5.89. The fourth-order valence-corrected chi connectivity index (χ4v) is 3.75. The van der Waals surface area contributed by atoms with E-state index >= 15 is 0 Å². The molecule has 2 rings (SSSR count). The molecule has 0 heterocycles. The van der Waals surface area contributed by atoms with Gasteiger partial charge in [-0.25, -0.2) is 13.1 Å². The fraction of sp³-hybridized carbons (Fsp3) is 1.00. The van der Waals surface area contributed by atoms with Gasteiger partial charge in [-0.2, -0.15) is 0 Å². The summed E-state index contributed by atoms with van der Waals surface area (Å²) in [7, 11) is -3.03. The Balaban J connectivity index is 1.76. The molecule has 4 nitrogen and oxygen atoms in total. The third kappa shape index (κ3) is 3.43. The minimum atomic E-state index is -3.03. The molecule has 2 unspecified atom stereocenters. The van der Waals surface area contributed by atoms with Gasteiger partial charge in [0.25, 0.3) is 0 Å². The Hall–Kier alpha value is -0.130. The lowest BCUT2D eigenvalue weighted by Gasteiger charge is -2.15. The first kappa shape index (κ1) is 11.4. The number of nitrogens with one attached hydrogen (secondary N) is 1. The van der Waals surface area contributed by atoms with E-state index in [1.165, 1.54) is 0 Å². The van der Waals surface area contributed by atoms with Crippen LogP contribution in [0.15, 0.2) is 0 Å². The maximum Gasteiger partial charge on any atom is 0.211 e. The third-order valence-electron chi connectivity index (χ3n) is 3.44. The molecule has 15 heavy (non-hydrogen) atoms. The van der Waals surface area contributed by atoms with Crippen molar-refractivity contribution in [2.24, 2.45) is 17.6 Å². The second-order valence-corrected chi connectivity index (χ2v) is 6.78. The second kappa shape index (κ2) is 4.39. The zero-order valence-corrected chi connectivity index (χ0v) is 9.80. The second-order valence-electron chi connectivity index (χ2n) is 4.93. The highest BCUT2D eigenvalue weighted by Crippen LogP contribution is 2.30. The van der Waals surface area contributed by atoms with E-state index in [2.05, 4.69) is 4.72 Å². The summed E-state index contributed by atoms with van der Waals surface area (Å²) in [6.07, 6.45) is 5.38. The lowest BCUT2D eigenvalue weighted by atomic mass is 10.1. The number of sulfonamides is 1. The van der Waals surface area contributed by atoms with Crippen molar-refractivity contribution in [2.45, 2.75) is 38.1 Å². The van der Waals surface area contributed by atoms with Crippen molar-refractivity contribution in [3.05, 3.63) is 0 Å². The smallest absolute Gasteiger partial charge is 0.211 e. The van der Waals surface area contributed by atoms with Crippen LogP contribution in [0.25, 0.3) is 0 Å². The molecule has 5 heteroatoms. The number of hydrogen-bond donors (Lipinski definition) is 2. The summed E-state index contributed by atoms with van der Waals surface area (Å²) >= 11 is 0. The molecule has 2 aliphatic carbocycles. The summed E-state index contributed by atoms with van der Waals surface area (Å²) in [5, 5.41) is 0. The summed E-state index contributed by atoms with van der Waals surface area (Å²) in [4.78, 5) is 0. The van der Waals surface area contributed by atoms with Gasteiger partial charge >= 0.3 is 0 Å². The average molecular weight is 232 g/mol. The summed E-state index contributed by atoms with van der Waals surface area (Å²) in [6, 6.07) is 0.189. The van der Waals surface area contributed by atoms with Crippen LogP contribution in [0.3, 0.4) is 0 Å². The first-order valence-corrected chi connectivity index (χ1v) is 7.45. The Morgan fingerprint density at radius 2 is 1.93 bits per heavy atom. The third-order valence-corrected chi connectivity index (χ3v) is 4.95. The van der Waals surface area contributed by atoms with Crippen LogP contribution < -0.4 is 10.5 Å².